The number of amides is 1. The molecule has 0 aliphatic heterocycles. The SMILES string of the molecule is COc1ccc(S(=O)(=O)N(CC(=O)Nc2nccs2)C(C)C)cc1. The Hall–Kier alpha value is -1.97. The van der Waals surface area contributed by atoms with Gasteiger partial charge < -0.3 is 10.1 Å². The monoisotopic (exact) mass is 369 g/mol. The molecule has 9 heteroatoms. The minimum absolute atomic E-state index is 0.110. The van der Waals surface area contributed by atoms with E-state index in [-0.39, 0.29) is 17.5 Å². The van der Waals surface area contributed by atoms with Crippen LogP contribution in [0.3, 0.4) is 0 Å². The molecule has 0 bridgehead atoms. The molecular formula is C15H19N3O4S2. The first-order valence-corrected chi connectivity index (χ1v) is 9.52. The topological polar surface area (TPSA) is 88.6 Å². The van der Waals surface area contributed by atoms with Crippen molar-refractivity contribution in [3.8, 4) is 5.75 Å². The molecule has 0 aliphatic rings. The van der Waals surface area contributed by atoms with Crippen molar-refractivity contribution in [2.75, 3.05) is 19.0 Å². The third kappa shape index (κ3) is 4.31. The van der Waals surface area contributed by atoms with Crippen molar-refractivity contribution in [2.24, 2.45) is 0 Å². The van der Waals surface area contributed by atoms with Gasteiger partial charge in [-0.15, -0.1) is 11.3 Å². The zero-order valence-electron chi connectivity index (χ0n) is 13.6. The first-order chi connectivity index (χ1) is 11.3. The smallest absolute Gasteiger partial charge is 0.243 e. The quantitative estimate of drug-likeness (QED) is 0.808. The van der Waals surface area contributed by atoms with E-state index >= 15 is 0 Å². The molecule has 7 nitrogen and oxygen atoms in total. The summed E-state index contributed by atoms with van der Waals surface area (Å²) in [7, 11) is -2.29. The fourth-order valence-electron chi connectivity index (χ4n) is 2.01. The van der Waals surface area contributed by atoms with Crippen LogP contribution in [0.25, 0.3) is 0 Å². The van der Waals surface area contributed by atoms with Gasteiger partial charge in [-0.25, -0.2) is 13.4 Å². The Kier molecular flexibility index (Phi) is 5.92. The fraction of sp³-hybridized carbons (Fsp3) is 0.333. The number of ether oxygens (including phenoxy) is 1. The number of sulfonamides is 1. The van der Waals surface area contributed by atoms with E-state index in [9.17, 15) is 13.2 Å². The fourth-order valence-corrected chi connectivity index (χ4v) is 4.15. The van der Waals surface area contributed by atoms with Gasteiger partial charge >= 0.3 is 0 Å². The zero-order valence-corrected chi connectivity index (χ0v) is 15.2. The maximum absolute atomic E-state index is 12.8. The number of nitrogens with zero attached hydrogens (tertiary/aromatic N) is 2. The molecule has 1 N–H and O–H groups in total. The van der Waals surface area contributed by atoms with Crippen molar-refractivity contribution < 1.29 is 17.9 Å². The Bertz CT molecular complexity index is 772. The van der Waals surface area contributed by atoms with Gasteiger partial charge in [0.05, 0.1) is 18.6 Å². The van der Waals surface area contributed by atoms with Crippen LogP contribution in [0.15, 0.2) is 40.7 Å². The zero-order chi connectivity index (χ0) is 17.7. The van der Waals surface area contributed by atoms with E-state index in [1.807, 2.05) is 0 Å². The molecular weight excluding hydrogens is 350 g/mol. The average Bonchev–Trinajstić information content (AvgIpc) is 3.05. The van der Waals surface area contributed by atoms with E-state index in [1.54, 1.807) is 37.6 Å². The Morgan fingerprint density at radius 1 is 1.33 bits per heavy atom. The van der Waals surface area contributed by atoms with Gasteiger partial charge in [-0.2, -0.15) is 4.31 Å². The lowest BCUT2D eigenvalue weighted by atomic mass is 10.3. The van der Waals surface area contributed by atoms with Gasteiger partial charge in [-0.3, -0.25) is 4.79 Å². The van der Waals surface area contributed by atoms with Crippen LogP contribution in [0.2, 0.25) is 0 Å². The molecule has 0 aliphatic carbocycles. The summed E-state index contributed by atoms with van der Waals surface area (Å²) >= 11 is 1.27. The van der Waals surface area contributed by atoms with Gasteiger partial charge in [-0.05, 0) is 38.1 Å². The highest BCUT2D eigenvalue weighted by molar-refractivity contribution is 7.89. The van der Waals surface area contributed by atoms with Crippen molar-refractivity contribution in [2.45, 2.75) is 24.8 Å². The molecule has 0 spiro atoms. The van der Waals surface area contributed by atoms with Crippen molar-refractivity contribution in [3.05, 3.63) is 35.8 Å². The number of hydrogen-bond donors (Lipinski definition) is 1. The standard InChI is InChI=1S/C15H19N3O4S2/c1-11(2)18(10-14(19)17-15-16-8-9-23-15)24(20,21)13-6-4-12(22-3)5-7-13/h4-9,11H,10H2,1-3H3,(H,16,17,19). The Morgan fingerprint density at radius 2 is 2.00 bits per heavy atom. The number of hydrogen-bond acceptors (Lipinski definition) is 6. The number of thiazole rings is 1. The third-order valence-electron chi connectivity index (χ3n) is 3.22. The van der Waals surface area contributed by atoms with E-state index in [0.29, 0.717) is 10.9 Å². The summed E-state index contributed by atoms with van der Waals surface area (Å²) in [4.78, 5) is 16.2. The normalized spacial score (nSPS) is 11.7. The lowest BCUT2D eigenvalue weighted by Crippen LogP contribution is -2.42. The van der Waals surface area contributed by atoms with Gasteiger partial charge in [-0.1, -0.05) is 0 Å². The van der Waals surface area contributed by atoms with Crippen LogP contribution >= 0.6 is 11.3 Å². The van der Waals surface area contributed by atoms with Crippen LogP contribution in [-0.2, 0) is 14.8 Å². The second-order valence-corrected chi connectivity index (χ2v) is 7.99. The summed E-state index contributed by atoms with van der Waals surface area (Å²) in [6, 6.07) is 5.69. The second-order valence-electron chi connectivity index (χ2n) is 5.20. The van der Waals surface area contributed by atoms with E-state index in [2.05, 4.69) is 10.3 Å². The third-order valence-corrected chi connectivity index (χ3v) is 5.94. The van der Waals surface area contributed by atoms with E-state index in [4.69, 9.17) is 4.74 Å². The van der Waals surface area contributed by atoms with Crippen molar-refractivity contribution in [1.82, 2.24) is 9.29 Å². The highest BCUT2D eigenvalue weighted by atomic mass is 32.2. The molecule has 1 heterocycles. The predicted molar refractivity (Wildman–Crippen MR) is 92.8 cm³/mol. The average molecular weight is 369 g/mol. The molecule has 2 aromatic rings. The molecule has 0 fully saturated rings. The summed E-state index contributed by atoms with van der Waals surface area (Å²) in [5.41, 5.74) is 0. The predicted octanol–water partition coefficient (Wildman–Crippen LogP) is 2.19. The van der Waals surface area contributed by atoms with Gasteiger partial charge in [0.1, 0.15) is 5.75 Å². The summed E-state index contributed by atoms with van der Waals surface area (Å²) in [5.74, 6) is 0.127. The highest BCUT2D eigenvalue weighted by Gasteiger charge is 2.29. The minimum Gasteiger partial charge on any atom is -0.497 e. The Morgan fingerprint density at radius 3 is 2.50 bits per heavy atom. The first-order valence-electron chi connectivity index (χ1n) is 7.20. The van der Waals surface area contributed by atoms with Crippen LogP contribution in [0.1, 0.15) is 13.8 Å². The number of nitrogens with one attached hydrogen (secondary N) is 1. The molecule has 0 saturated carbocycles. The van der Waals surface area contributed by atoms with Crippen LogP contribution in [0.5, 0.6) is 5.75 Å². The van der Waals surface area contributed by atoms with E-state index in [1.165, 1.54) is 30.6 Å². The highest BCUT2D eigenvalue weighted by Crippen LogP contribution is 2.21. The Balaban J connectivity index is 2.19. The molecule has 0 radical (unpaired) electrons. The van der Waals surface area contributed by atoms with Crippen LogP contribution in [-0.4, -0.2) is 43.3 Å². The number of anilines is 1. The number of benzene rings is 1. The maximum atomic E-state index is 12.8. The summed E-state index contributed by atoms with van der Waals surface area (Å²) in [6.45, 7) is 3.15. The summed E-state index contributed by atoms with van der Waals surface area (Å²) in [5, 5.41) is 4.75. The lowest BCUT2D eigenvalue weighted by molar-refractivity contribution is -0.116. The van der Waals surface area contributed by atoms with E-state index in [0.717, 1.165) is 4.31 Å². The van der Waals surface area contributed by atoms with Gasteiger partial charge in [0.25, 0.3) is 0 Å². The number of carbonyl (C=O) groups is 1. The van der Waals surface area contributed by atoms with E-state index < -0.39 is 15.9 Å². The molecule has 2 rings (SSSR count). The largest absolute Gasteiger partial charge is 0.497 e. The van der Waals surface area contributed by atoms with Crippen molar-refractivity contribution >= 4 is 32.4 Å². The summed E-state index contributed by atoms with van der Waals surface area (Å²) in [6.07, 6.45) is 1.56. The van der Waals surface area contributed by atoms with Crippen molar-refractivity contribution in [1.29, 1.82) is 0 Å². The maximum Gasteiger partial charge on any atom is 0.243 e. The molecule has 0 unspecified atom stereocenters. The minimum atomic E-state index is -3.80. The molecule has 1 amide bonds. The second kappa shape index (κ2) is 7.73. The molecule has 1 aromatic heterocycles. The molecule has 1 aromatic carbocycles. The van der Waals surface area contributed by atoms with Crippen LogP contribution in [0, 0.1) is 0 Å². The van der Waals surface area contributed by atoms with Crippen LogP contribution in [0.4, 0.5) is 5.13 Å². The molecule has 130 valence electrons. The molecule has 0 saturated heterocycles. The van der Waals surface area contributed by atoms with Crippen molar-refractivity contribution in [3.63, 3.8) is 0 Å². The van der Waals surface area contributed by atoms with Crippen LogP contribution < -0.4 is 10.1 Å². The number of carbonyl (C=O) groups excluding carboxylic acids is 1. The number of aromatic nitrogens is 1. The van der Waals surface area contributed by atoms with Gasteiger partial charge in [0, 0.05) is 17.6 Å². The molecule has 24 heavy (non-hydrogen) atoms. The Labute approximate surface area is 145 Å². The number of methoxy groups -OCH3 is 1. The van der Waals surface area contributed by atoms with Gasteiger partial charge in [0.2, 0.25) is 15.9 Å². The molecule has 0 atom stereocenters. The number of rotatable bonds is 7. The lowest BCUT2D eigenvalue weighted by Gasteiger charge is -2.25. The summed E-state index contributed by atoms with van der Waals surface area (Å²) < 4.78 is 31.8. The van der Waals surface area contributed by atoms with Gasteiger partial charge in [0.15, 0.2) is 5.13 Å². The first kappa shape index (κ1) is 18.4.